The third-order valence-corrected chi connectivity index (χ3v) is 10.4. The number of amides is 1. The predicted molar refractivity (Wildman–Crippen MR) is 142 cm³/mol. The second kappa shape index (κ2) is 8.94. The number of rotatable bonds is 4. The van der Waals surface area contributed by atoms with Crippen LogP contribution < -0.4 is 5.73 Å². The van der Waals surface area contributed by atoms with Gasteiger partial charge >= 0.3 is 0 Å². The maximum Gasteiger partial charge on any atom is 0.255 e. The summed E-state index contributed by atoms with van der Waals surface area (Å²) in [6, 6.07) is 6.44. The summed E-state index contributed by atoms with van der Waals surface area (Å²) in [4.78, 5) is 27.5. The lowest BCUT2D eigenvalue weighted by Crippen LogP contribution is -2.71. The number of aliphatic hydroxyl groups excluding tert-OH is 2. The summed E-state index contributed by atoms with van der Waals surface area (Å²) in [5, 5.41) is 22.9. The molecule has 3 fully saturated rings. The number of fused-ring (bicyclic) bond motifs is 5. The maximum absolute atomic E-state index is 17.5. The van der Waals surface area contributed by atoms with Crippen molar-refractivity contribution in [3.8, 4) is 0 Å². The number of hydrogen-bond donors (Lipinski definition) is 3. The highest BCUT2D eigenvalue weighted by molar-refractivity contribution is 6.01. The molecule has 5 rings (SSSR count). The number of alkyl halides is 2. The Morgan fingerprint density at radius 1 is 1.18 bits per heavy atom. The van der Waals surface area contributed by atoms with Crippen LogP contribution in [0.25, 0.3) is 0 Å². The first-order valence-corrected chi connectivity index (χ1v) is 13.5. The van der Waals surface area contributed by atoms with Gasteiger partial charge in [0.1, 0.15) is 6.17 Å². The number of ether oxygens (including phenoxy) is 1. The summed E-state index contributed by atoms with van der Waals surface area (Å²) in [7, 11) is 3.18. The van der Waals surface area contributed by atoms with Gasteiger partial charge in [-0.05, 0) is 67.9 Å². The molecule has 0 bridgehead atoms. The molecule has 0 radical (unpaired) electrons. The summed E-state index contributed by atoms with van der Waals surface area (Å²) in [6.07, 6.45) is -0.911. The van der Waals surface area contributed by atoms with E-state index in [2.05, 4.69) is 0 Å². The fourth-order valence-electron chi connectivity index (χ4n) is 8.52. The van der Waals surface area contributed by atoms with Gasteiger partial charge in [-0.3, -0.25) is 9.59 Å². The van der Waals surface area contributed by atoms with E-state index in [4.69, 9.17) is 10.5 Å². The van der Waals surface area contributed by atoms with E-state index in [0.717, 1.165) is 6.08 Å². The highest BCUT2D eigenvalue weighted by Crippen LogP contribution is 2.72. The van der Waals surface area contributed by atoms with E-state index in [1.165, 1.54) is 17.1 Å². The number of benzene rings is 1. The first kappa shape index (κ1) is 27.9. The quantitative estimate of drug-likeness (QED) is 0.394. The zero-order valence-electron chi connectivity index (χ0n) is 23.0. The van der Waals surface area contributed by atoms with E-state index in [9.17, 15) is 19.8 Å². The van der Waals surface area contributed by atoms with Crippen molar-refractivity contribution in [2.24, 2.45) is 28.6 Å². The van der Waals surface area contributed by atoms with Crippen LogP contribution in [0.5, 0.6) is 0 Å². The molecule has 0 aliphatic heterocycles. The van der Waals surface area contributed by atoms with Crippen LogP contribution in [0.3, 0.4) is 0 Å². The van der Waals surface area contributed by atoms with Gasteiger partial charge in [0.05, 0.1) is 6.10 Å². The van der Waals surface area contributed by atoms with E-state index in [-0.39, 0.29) is 18.4 Å². The summed E-state index contributed by atoms with van der Waals surface area (Å²) in [5.74, 6) is -2.82. The lowest BCUT2D eigenvalue weighted by atomic mass is 9.44. The minimum atomic E-state index is -2.27. The van der Waals surface area contributed by atoms with Gasteiger partial charge < -0.3 is 25.6 Å². The monoisotopic (exact) mass is 544 g/mol. The van der Waals surface area contributed by atoms with Gasteiger partial charge in [-0.2, -0.15) is 0 Å². The van der Waals surface area contributed by atoms with Crippen molar-refractivity contribution in [1.82, 2.24) is 4.90 Å². The summed E-state index contributed by atoms with van der Waals surface area (Å²) in [6.45, 7) is 5.17. The molecule has 1 aromatic rings. The third-order valence-electron chi connectivity index (χ3n) is 10.4. The maximum atomic E-state index is 17.5. The molecule has 4 N–H and O–H groups in total. The van der Waals surface area contributed by atoms with Crippen molar-refractivity contribution in [3.63, 3.8) is 0 Å². The van der Waals surface area contributed by atoms with E-state index in [1.54, 1.807) is 52.2 Å². The fourth-order valence-corrected chi connectivity index (χ4v) is 8.52. The molecule has 9 heteroatoms. The SMILES string of the molecule is C[C@@H]1C[C@H]2[C@@H]3C[C@H](F)C4=CC(=O)C=C[C@]4(C)[C@@]3(F)[C@@H](O)C[C@]2(C)[C@@]1(OC(O)c1ccc(N)cc1)C(=O)N(C)C. The van der Waals surface area contributed by atoms with E-state index in [1.807, 2.05) is 6.92 Å². The largest absolute Gasteiger partial charge is 0.399 e. The highest BCUT2D eigenvalue weighted by atomic mass is 19.1. The molecule has 0 spiro atoms. The Morgan fingerprint density at radius 2 is 1.82 bits per heavy atom. The number of nitrogen functional groups attached to an aromatic ring is 1. The summed E-state index contributed by atoms with van der Waals surface area (Å²) in [5.41, 5.74) is 0.173. The number of likely N-dealkylation sites (N-methyl/N-ethyl adjacent to an activating group) is 1. The predicted octanol–water partition coefficient (Wildman–Crippen LogP) is 3.67. The van der Waals surface area contributed by atoms with Crippen molar-refractivity contribution in [1.29, 1.82) is 0 Å². The molecule has 4 aliphatic rings. The smallest absolute Gasteiger partial charge is 0.255 e. The number of halogens is 2. The number of allylic oxidation sites excluding steroid dienone is 4. The number of ketones is 1. The molecule has 212 valence electrons. The Hall–Kier alpha value is -2.62. The Balaban J connectivity index is 1.63. The Kier molecular flexibility index (Phi) is 6.40. The molecule has 7 nitrogen and oxygen atoms in total. The Bertz CT molecular complexity index is 1250. The second-order valence-electron chi connectivity index (χ2n) is 12.6. The molecule has 1 aromatic carbocycles. The first-order valence-electron chi connectivity index (χ1n) is 13.5. The molecule has 3 saturated carbocycles. The standard InChI is InChI=1S/C30H38F2N2O5/c1-16-12-20-21-14-23(31)22-13-19(35)10-11-27(22,2)29(21,32)24(36)15-28(20,3)30(16,26(38)34(4)5)39-25(37)17-6-8-18(33)9-7-17/h6-11,13,16,20-21,23-25,36-37H,12,14-15,33H2,1-5H3/t16-,20+,21+,23+,24+,25?,27+,28+,29+,30+/m1/s1. The molecule has 4 aliphatic carbocycles. The summed E-state index contributed by atoms with van der Waals surface area (Å²) < 4.78 is 39.7. The molecule has 0 aromatic heterocycles. The molecule has 0 heterocycles. The first-order chi connectivity index (χ1) is 18.1. The van der Waals surface area contributed by atoms with Crippen molar-refractivity contribution >= 4 is 17.4 Å². The van der Waals surface area contributed by atoms with Gasteiger partial charge in [-0.25, -0.2) is 8.78 Å². The van der Waals surface area contributed by atoms with E-state index >= 15 is 8.78 Å². The molecule has 10 atom stereocenters. The molecule has 1 amide bonds. The van der Waals surface area contributed by atoms with Crippen LogP contribution in [-0.2, 0) is 14.3 Å². The summed E-state index contributed by atoms with van der Waals surface area (Å²) >= 11 is 0. The molecule has 39 heavy (non-hydrogen) atoms. The van der Waals surface area contributed by atoms with Gasteiger partial charge in [0.15, 0.2) is 23.3 Å². The van der Waals surface area contributed by atoms with Gasteiger partial charge in [0, 0.05) is 42.1 Å². The molecular formula is C30H38F2N2O5. The highest BCUT2D eigenvalue weighted by Gasteiger charge is 2.78. The van der Waals surface area contributed by atoms with Crippen LogP contribution in [0.4, 0.5) is 14.5 Å². The number of nitrogens with two attached hydrogens (primary N) is 1. The molecular weight excluding hydrogens is 506 g/mol. The number of hydrogen-bond acceptors (Lipinski definition) is 6. The number of carbonyl (C=O) groups is 2. The van der Waals surface area contributed by atoms with Gasteiger partial charge in [-0.15, -0.1) is 0 Å². The number of anilines is 1. The van der Waals surface area contributed by atoms with E-state index < -0.39 is 70.1 Å². The van der Waals surface area contributed by atoms with Crippen molar-refractivity contribution < 1.29 is 33.3 Å². The number of nitrogens with zero attached hydrogens (tertiary/aromatic N) is 1. The molecule has 0 saturated heterocycles. The zero-order chi connectivity index (χ0) is 28.7. The van der Waals surface area contributed by atoms with Crippen molar-refractivity contribution in [2.75, 3.05) is 19.8 Å². The molecule has 1 unspecified atom stereocenters. The van der Waals surface area contributed by atoms with Crippen LogP contribution in [0, 0.1) is 28.6 Å². The average Bonchev–Trinajstić information content (AvgIpc) is 3.08. The number of carbonyl (C=O) groups excluding carboxylic acids is 2. The topological polar surface area (TPSA) is 113 Å². The van der Waals surface area contributed by atoms with Crippen LogP contribution in [-0.4, -0.2) is 64.4 Å². The van der Waals surface area contributed by atoms with Crippen molar-refractivity contribution in [3.05, 3.63) is 53.6 Å². The average molecular weight is 545 g/mol. The number of aliphatic hydroxyl groups is 2. The lowest BCUT2D eigenvalue weighted by Gasteiger charge is -2.63. The van der Waals surface area contributed by atoms with E-state index in [0.29, 0.717) is 17.7 Å². The van der Waals surface area contributed by atoms with Crippen LogP contribution in [0.15, 0.2) is 48.1 Å². The normalized spacial score (nSPS) is 43.7. The zero-order valence-corrected chi connectivity index (χ0v) is 23.0. The van der Waals surface area contributed by atoms with Crippen molar-refractivity contribution in [2.45, 2.75) is 69.9 Å². The fraction of sp³-hybridized carbons (Fsp3) is 0.600. The van der Waals surface area contributed by atoms with Crippen LogP contribution in [0.1, 0.15) is 51.9 Å². The van der Waals surface area contributed by atoms with Crippen LogP contribution >= 0.6 is 0 Å². The van der Waals surface area contributed by atoms with Gasteiger partial charge in [-0.1, -0.05) is 32.1 Å². The second-order valence-corrected chi connectivity index (χ2v) is 12.6. The lowest BCUT2D eigenvalue weighted by molar-refractivity contribution is -0.269. The minimum Gasteiger partial charge on any atom is -0.399 e. The van der Waals surface area contributed by atoms with Gasteiger partial charge in [0.25, 0.3) is 5.91 Å². The van der Waals surface area contributed by atoms with Crippen LogP contribution in [0.2, 0.25) is 0 Å². The minimum absolute atomic E-state index is 0.0492. The Labute approximate surface area is 227 Å². The van der Waals surface area contributed by atoms with Gasteiger partial charge in [0.2, 0.25) is 0 Å². The third kappa shape index (κ3) is 3.55. The Morgan fingerprint density at radius 3 is 2.44 bits per heavy atom.